The summed E-state index contributed by atoms with van der Waals surface area (Å²) in [6, 6.07) is 16.3. The Morgan fingerprint density at radius 3 is 2.20 bits per heavy atom. The SMILES string of the molecule is CCC(CC)(c1ccccc1)C(O)c1cccc(F)c1. The number of benzene rings is 2. The first-order chi connectivity index (χ1) is 9.64. The van der Waals surface area contributed by atoms with Crippen molar-refractivity contribution in [1.82, 2.24) is 0 Å². The number of hydrogen-bond donors (Lipinski definition) is 1. The maximum absolute atomic E-state index is 13.4. The average Bonchev–Trinajstić information content (AvgIpc) is 2.50. The molecule has 0 amide bonds. The molecule has 2 aromatic rings. The Labute approximate surface area is 120 Å². The molecule has 2 aromatic carbocycles. The number of aliphatic hydroxyl groups is 1. The van der Waals surface area contributed by atoms with Gasteiger partial charge in [0, 0.05) is 5.41 Å². The average molecular weight is 272 g/mol. The van der Waals surface area contributed by atoms with Gasteiger partial charge < -0.3 is 5.11 Å². The minimum Gasteiger partial charge on any atom is -0.387 e. The van der Waals surface area contributed by atoms with Gasteiger partial charge in [-0.25, -0.2) is 4.39 Å². The summed E-state index contributed by atoms with van der Waals surface area (Å²) in [4.78, 5) is 0. The predicted octanol–water partition coefficient (Wildman–Crippen LogP) is 4.62. The molecule has 2 rings (SSSR count). The van der Waals surface area contributed by atoms with Gasteiger partial charge in [0.1, 0.15) is 5.82 Å². The third kappa shape index (κ3) is 2.61. The molecule has 0 aliphatic carbocycles. The largest absolute Gasteiger partial charge is 0.387 e. The Kier molecular flexibility index (Phi) is 4.56. The lowest BCUT2D eigenvalue weighted by atomic mass is 9.69. The zero-order chi connectivity index (χ0) is 14.6. The summed E-state index contributed by atoms with van der Waals surface area (Å²) in [5, 5.41) is 10.8. The van der Waals surface area contributed by atoms with E-state index < -0.39 is 6.10 Å². The van der Waals surface area contributed by atoms with Gasteiger partial charge in [0.15, 0.2) is 0 Å². The van der Waals surface area contributed by atoms with Gasteiger partial charge in [-0.1, -0.05) is 56.3 Å². The molecular weight excluding hydrogens is 251 g/mol. The molecule has 0 aromatic heterocycles. The molecule has 0 radical (unpaired) electrons. The first-order valence-corrected chi connectivity index (χ1v) is 7.13. The fraction of sp³-hybridized carbons (Fsp3) is 0.333. The van der Waals surface area contributed by atoms with Gasteiger partial charge in [0.05, 0.1) is 6.10 Å². The maximum Gasteiger partial charge on any atom is 0.123 e. The van der Waals surface area contributed by atoms with Crippen LogP contribution in [0, 0.1) is 5.82 Å². The highest BCUT2D eigenvalue weighted by Gasteiger charge is 2.37. The van der Waals surface area contributed by atoms with Crippen LogP contribution >= 0.6 is 0 Å². The normalized spacial score (nSPS) is 13.2. The second kappa shape index (κ2) is 6.19. The van der Waals surface area contributed by atoms with Crippen molar-refractivity contribution in [2.75, 3.05) is 0 Å². The number of halogens is 1. The molecular formula is C18H21FO. The number of hydrogen-bond acceptors (Lipinski definition) is 1. The van der Waals surface area contributed by atoms with Crippen LogP contribution < -0.4 is 0 Å². The summed E-state index contributed by atoms with van der Waals surface area (Å²) in [5.74, 6) is -0.310. The number of rotatable bonds is 5. The van der Waals surface area contributed by atoms with Gasteiger partial charge in [0.25, 0.3) is 0 Å². The van der Waals surface area contributed by atoms with Crippen molar-refractivity contribution in [1.29, 1.82) is 0 Å². The van der Waals surface area contributed by atoms with E-state index >= 15 is 0 Å². The summed E-state index contributed by atoms with van der Waals surface area (Å²) in [6.45, 7) is 4.14. The molecule has 1 unspecified atom stereocenters. The highest BCUT2D eigenvalue weighted by molar-refractivity contribution is 5.32. The van der Waals surface area contributed by atoms with E-state index in [4.69, 9.17) is 0 Å². The maximum atomic E-state index is 13.4. The number of aliphatic hydroxyl groups excluding tert-OH is 1. The summed E-state index contributed by atoms with van der Waals surface area (Å²) < 4.78 is 13.4. The van der Waals surface area contributed by atoms with Crippen molar-refractivity contribution < 1.29 is 9.50 Å². The molecule has 1 N–H and O–H groups in total. The van der Waals surface area contributed by atoms with Crippen molar-refractivity contribution in [2.24, 2.45) is 0 Å². The Hall–Kier alpha value is -1.67. The van der Waals surface area contributed by atoms with Crippen LogP contribution in [-0.4, -0.2) is 5.11 Å². The van der Waals surface area contributed by atoms with Crippen LogP contribution in [0.15, 0.2) is 54.6 Å². The fourth-order valence-electron chi connectivity index (χ4n) is 2.97. The van der Waals surface area contributed by atoms with Crippen LogP contribution in [0.3, 0.4) is 0 Å². The Balaban J connectivity index is 2.48. The minimum atomic E-state index is -0.712. The first kappa shape index (κ1) is 14.7. The van der Waals surface area contributed by atoms with Crippen molar-refractivity contribution in [3.63, 3.8) is 0 Å². The van der Waals surface area contributed by atoms with E-state index in [9.17, 15) is 9.50 Å². The Morgan fingerprint density at radius 2 is 1.65 bits per heavy atom. The van der Waals surface area contributed by atoms with Gasteiger partial charge >= 0.3 is 0 Å². The standard InChI is InChI=1S/C18H21FO/c1-3-18(4-2,15-10-6-5-7-11-15)17(20)14-9-8-12-16(19)13-14/h5-13,17,20H,3-4H2,1-2H3. The monoisotopic (exact) mass is 272 g/mol. The molecule has 0 fully saturated rings. The van der Waals surface area contributed by atoms with Crippen molar-refractivity contribution in [3.8, 4) is 0 Å². The summed E-state index contributed by atoms with van der Waals surface area (Å²) in [7, 11) is 0. The Morgan fingerprint density at radius 1 is 1.00 bits per heavy atom. The third-order valence-corrected chi connectivity index (χ3v) is 4.30. The van der Waals surface area contributed by atoms with Crippen molar-refractivity contribution >= 4 is 0 Å². The van der Waals surface area contributed by atoms with E-state index in [0.717, 1.165) is 18.4 Å². The molecule has 1 atom stereocenters. The molecule has 20 heavy (non-hydrogen) atoms. The molecule has 0 bridgehead atoms. The molecule has 0 saturated carbocycles. The predicted molar refractivity (Wildman–Crippen MR) is 80.1 cm³/mol. The molecule has 1 nitrogen and oxygen atoms in total. The van der Waals surface area contributed by atoms with Crippen LogP contribution in [0.5, 0.6) is 0 Å². The summed E-state index contributed by atoms with van der Waals surface area (Å²) >= 11 is 0. The zero-order valence-electron chi connectivity index (χ0n) is 12.0. The second-order valence-electron chi connectivity index (χ2n) is 5.19. The van der Waals surface area contributed by atoms with Crippen LogP contribution in [0.4, 0.5) is 4.39 Å². The molecule has 2 heteroatoms. The van der Waals surface area contributed by atoms with E-state index in [1.807, 2.05) is 30.3 Å². The van der Waals surface area contributed by atoms with Gasteiger partial charge in [-0.3, -0.25) is 0 Å². The van der Waals surface area contributed by atoms with Crippen molar-refractivity contribution in [3.05, 3.63) is 71.5 Å². The van der Waals surface area contributed by atoms with Crippen LogP contribution in [-0.2, 0) is 5.41 Å². The van der Waals surface area contributed by atoms with Gasteiger partial charge in [-0.05, 0) is 36.1 Å². The van der Waals surface area contributed by atoms with E-state index in [1.165, 1.54) is 12.1 Å². The topological polar surface area (TPSA) is 20.2 Å². The molecule has 0 spiro atoms. The lowest BCUT2D eigenvalue weighted by molar-refractivity contribution is 0.0725. The quantitative estimate of drug-likeness (QED) is 0.842. The van der Waals surface area contributed by atoms with Crippen molar-refractivity contribution in [2.45, 2.75) is 38.2 Å². The zero-order valence-corrected chi connectivity index (χ0v) is 12.0. The summed E-state index contributed by atoms with van der Waals surface area (Å²) in [6.07, 6.45) is 0.881. The van der Waals surface area contributed by atoms with E-state index in [1.54, 1.807) is 12.1 Å². The lowest BCUT2D eigenvalue weighted by Gasteiger charge is -2.37. The van der Waals surface area contributed by atoms with E-state index in [2.05, 4.69) is 13.8 Å². The first-order valence-electron chi connectivity index (χ1n) is 7.13. The van der Waals surface area contributed by atoms with E-state index in [-0.39, 0.29) is 11.2 Å². The van der Waals surface area contributed by atoms with Gasteiger partial charge in [0.2, 0.25) is 0 Å². The third-order valence-electron chi connectivity index (χ3n) is 4.30. The molecule has 0 aliphatic heterocycles. The highest BCUT2D eigenvalue weighted by atomic mass is 19.1. The van der Waals surface area contributed by atoms with Gasteiger partial charge in [-0.2, -0.15) is 0 Å². The van der Waals surface area contributed by atoms with Crippen LogP contribution in [0.2, 0.25) is 0 Å². The smallest absolute Gasteiger partial charge is 0.123 e. The van der Waals surface area contributed by atoms with Crippen LogP contribution in [0.1, 0.15) is 43.9 Å². The van der Waals surface area contributed by atoms with Gasteiger partial charge in [-0.15, -0.1) is 0 Å². The molecule has 0 saturated heterocycles. The Bertz CT molecular complexity index is 546. The molecule has 106 valence electrons. The fourth-order valence-corrected chi connectivity index (χ4v) is 2.97. The highest BCUT2D eigenvalue weighted by Crippen LogP contribution is 2.43. The van der Waals surface area contributed by atoms with Crippen LogP contribution in [0.25, 0.3) is 0 Å². The molecule has 0 heterocycles. The van der Waals surface area contributed by atoms with E-state index in [0.29, 0.717) is 5.56 Å². The molecule has 0 aliphatic rings. The summed E-state index contributed by atoms with van der Waals surface area (Å²) in [5.41, 5.74) is 1.36. The second-order valence-corrected chi connectivity index (χ2v) is 5.19. The lowest BCUT2D eigenvalue weighted by Crippen LogP contribution is -2.32. The minimum absolute atomic E-state index is 0.310.